The van der Waals surface area contributed by atoms with E-state index in [0.717, 1.165) is 5.56 Å². The van der Waals surface area contributed by atoms with Crippen LogP contribution in [0, 0.1) is 12.7 Å². The van der Waals surface area contributed by atoms with Crippen LogP contribution in [0.1, 0.15) is 15.9 Å². The first-order valence-corrected chi connectivity index (χ1v) is 5.81. The number of hydrogen-bond donors (Lipinski definition) is 1. The molecule has 19 heavy (non-hydrogen) atoms. The minimum Gasteiger partial charge on any atom is -0.497 e. The Balaban J connectivity index is 2.23. The first-order chi connectivity index (χ1) is 9.10. The highest BCUT2D eigenvalue weighted by Gasteiger charge is 2.12. The number of halogens is 1. The van der Waals surface area contributed by atoms with Crippen LogP contribution >= 0.6 is 0 Å². The molecule has 2 aromatic carbocycles. The van der Waals surface area contributed by atoms with Crippen molar-refractivity contribution in [2.45, 2.75) is 6.92 Å². The second-order valence-corrected chi connectivity index (χ2v) is 4.17. The van der Waals surface area contributed by atoms with Gasteiger partial charge in [-0.25, -0.2) is 4.39 Å². The van der Waals surface area contributed by atoms with Crippen molar-refractivity contribution in [3.05, 3.63) is 59.4 Å². The second kappa shape index (κ2) is 5.52. The Morgan fingerprint density at radius 3 is 2.74 bits per heavy atom. The molecule has 0 aliphatic rings. The van der Waals surface area contributed by atoms with Gasteiger partial charge in [-0.3, -0.25) is 4.79 Å². The number of aryl methyl sites for hydroxylation is 1. The molecule has 0 spiro atoms. The van der Waals surface area contributed by atoms with Gasteiger partial charge in [0, 0.05) is 11.8 Å². The molecule has 0 radical (unpaired) electrons. The summed E-state index contributed by atoms with van der Waals surface area (Å²) in [5.74, 6) is -0.386. The van der Waals surface area contributed by atoms with Gasteiger partial charge >= 0.3 is 0 Å². The smallest absolute Gasteiger partial charge is 0.258 e. The third-order valence-electron chi connectivity index (χ3n) is 2.69. The Kier molecular flexibility index (Phi) is 3.80. The molecule has 0 unspecified atom stereocenters. The molecule has 0 aliphatic carbocycles. The van der Waals surface area contributed by atoms with Crippen LogP contribution in [-0.2, 0) is 0 Å². The maximum atomic E-state index is 13.6. The number of nitrogens with one attached hydrogen (secondary N) is 1. The highest BCUT2D eigenvalue weighted by molar-refractivity contribution is 6.04. The van der Waals surface area contributed by atoms with Crippen molar-refractivity contribution in [3.63, 3.8) is 0 Å². The Labute approximate surface area is 111 Å². The van der Waals surface area contributed by atoms with Crippen LogP contribution in [0.2, 0.25) is 0 Å². The van der Waals surface area contributed by atoms with Gasteiger partial charge in [0.05, 0.1) is 12.7 Å². The number of methoxy groups -OCH3 is 1. The Morgan fingerprint density at radius 1 is 1.21 bits per heavy atom. The standard InChI is InChI=1S/C15H14FNO2/c1-10-6-7-14(16)13(8-10)15(18)17-11-4-3-5-12(9-11)19-2/h3-9H,1-2H3,(H,17,18). The lowest BCUT2D eigenvalue weighted by Gasteiger charge is -2.08. The molecule has 1 amide bonds. The first kappa shape index (κ1) is 13.1. The molecular formula is C15H14FNO2. The number of hydrogen-bond acceptors (Lipinski definition) is 2. The number of amides is 1. The quantitative estimate of drug-likeness (QED) is 0.917. The van der Waals surface area contributed by atoms with Crippen molar-refractivity contribution in [2.24, 2.45) is 0 Å². The van der Waals surface area contributed by atoms with Crippen molar-refractivity contribution in [3.8, 4) is 5.75 Å². The number of anilines is 1. The van der Waals surface area contributed by atoms with Crippen LogP contribution in [0.4, 0.5) is 10.1 Å². The SMILES string of the molecule is COc1cccc(NC(=O)c2cc(C)ccc2F)c1. The lowest BCUT2D eigenvalue weighted by Crippen LogP contribution is -2.14. The number of rotatable bonds is 3. The molecule has 0 aliphatic heterocycles. The van der Waals surface area contributed by atoms with E-state index < -0.39 is 11.7 Å². The molecule has 0 saturated heterocycles. The zero-order valence-corrected chi connectivity index (χ0v) is 10.7. The largest absolute Gasteiger partial charge is 0.497 e. The molecule has 98 valence electrons. The minimum atomic E-state index is -0.536. The van der Waals surface area contributed by atoms with E-state index in [1.165, 1.54) is 12.1 Å². The molecule has 3 nitrogen and oxygen atoms in total. The van der Waals surface area contributed by atoms with E-state index in [0.29, 0.717) is 11.4 Å². The van der Waals surface area contributed by atoms with Gasteiger partial charge in [-0.1, -0.05) is 17.7 Å². The average Bonchev–Trinajstić information content (AvgIpc) is 2.41. The molecule has 0 bridgehead atoms. The van der Waals surface area contributed by atoms with Gasteiger partial charge in [0.15, 0.2) is 0 Å². The lowest BCUT2D eigenvalue weighted by molar-refractivity contribution is 0.102. The molecule has 2 aromatic rings. The number of benzene rings is 2. The zero-order chi connectivity index (χ0) is 13.8. The fourth-order valence-corrected chi connectivity index (χ4v) is 1.71. The predicted molar refractivity (Wildman–Crippen MR) is 72.1 cm³/mol. The molecule has 0 saturated carbocycles. The summed E-state index contributed by atoms with van der Waals surface area (Å²) in [7, 11) is 1.54. The summed E-state index contributed by atoms with van der Waals surface area (Å²) in [6, 6.07) is 11.3. The van der Waals surface area contributed by atoms with E-state index in [4.69, 9.17) is 4.74 Å². The van der Waals surface area contributed by atoms with Gasteiger partial charge in [-0.2, -0.15) is 0 Å². The molecule has 4 heteroatoms. The summed E-state index contributed by atoms with van der Waals surface area (Å²) in [5.41, 5.74) is 1.42. The van der Waals surface area contributed by atoms with Crippen molar-refractivity contribution >= 4 is 11.6 Å². The summed E-state index contributed by atoms with van der Waals surface area (Å²) in [6.07, 6.45) is 0. The van der Waals surface area contributed by atoms with Gasteiger partial charge in [-0.05, 0) is 31.2 Å². The van der Waals surface area contributed by atoms with Gasteiger partial charge in [0.25, 0.3) is 5.91 Å². The summed E-state index contributed by atoms with van der Waals surface area (Å²) in [4.78, 5) is 12.0. The van der Waals surface area contributed by atoms with Crippen LogP contribution in [0.25, 0.3) is 0 Å². The first-order valence-electron chi connectivity index (χ1n) is 5.81. The number of ether oxygens (including phenoxy) is 1. The fourth-order valence-electron chi connectivity index (χ4n) is 1.71. The van der Waals surface area contributed by atoms with E-state index in [-0.39, 0.29) is 5.56 Å². The third kappa shape index (κ3) is 3.10. The fraction of sp³-hybridized carbons (Fsp3) is 0.133. The molecule has 0 heterocycles. The van der Waals surface area contributed by atoms with E-state index in [2.05, 4.69) is 5.32 Å². The van der Waals surface area contributed by atoms with Crippen LogP contribution in [-0.4, -0.2) is 13.0 Å². The third-order valence-corrected chi connectivity index (χ3v) is 2.69. The van der Waals surface area contributed by atoms with Crippen LogP contribution in [0.3, 0.4) is 0 Å². The monoisotopic (exact) mass is 259 g/mol. The molecular weight excluding hydrogens is 245 g/mol. The predicted octanol–water partition coefficient (Wildman–Crippen LogP) is 3.40. The van der Waals surface area contributed by atoms with E-state index in [1.807, 2.05) is 6.92 Å². The van der Waals surface area contributed by atoms with Crippen LogP contribution in [0.5, 0.6) is 5.75 Å². The van der Waals surface area contributed by atoms with Crippen molar-refractivity contribution in [2.75, 3.05) is 12.4 Å². The Hall–Kier alpha value is -2.36. The van der Waals surface area contributed by atoms with Crippen LogP contribution in [0.15, 0.2) is 42.5 Å². The molecule has 0 aromatic heterocycles. The summed E-state index contributed by atoms with van der Waals surface area (Å²) >= 11 is 0. The van der Waals surface area contributed by atoms with E-state index >= 15 is 0 Å². The highest BCUT2D eigenvalue weighted by atomic mass is 19.1. The van der Waals surface area contributed by atoms with Crippen molar-refractivity contribution in [1.82, 2.24) is 0 Å². The topological polar surface area (TPSA) is 38.3 Å². The Morgan fingerprint density at radius 2 is 2.00 bits per heavy atom. The summed E-state index contributed by atoms with van der Waals surface area (Å²) < 4.78 is 18.6. The van der Waals surface area contributed by atoms with Gasteiger partial charge in [0.1, 0.15) is 11.6 Å². The minimum absolute atomic E-state index is 0.0304. The van der Waals surface area contributed by atoms with Crippen LogP contribution < -0.4 is 10.1 Å². The maximum absolute atomic E-state index is 13.6. The second-order valence-electron chi connectivity index (χ2n) is 4.17. The van der Waals surface area contributed by atoms with Gasteiger partial charge in [0.2, 0.25) is 0 Å². The van der Waals surface area contributed by atoms with Gasteiger partial charge < -0.3 is 10.1 Å². The van der Waals surface area contributed by atoms with Gasteiger partial charge in [-0.15, -0.1) is 0 Å². The number of carbonyl (C=O) groups excluding carboxylic acids is 1. The zero-order valence-electron chi connectivity index (χ0n) is 10.7. The van der Waals surface area contributed by atoms with E-state index in [9.17, 15) is 9.18 Å². The highest BCUT2D eigenvalue weighted by Crippen LogP contribution is 2.18. The molecule has 0 atom stereocenters. The maximum Gasteiger partial charge on any atom is 0.258 e. The molecule has 2 rings (SSSR count). The molecule has 1 N–H and O–H groups in total. The Bertz CT molecular complexity index is 611. The normalized spacial score (nSPS) is 10.1. The van der Waals surface area contributed by atoms with Crippen molar-refractivity contribution in [1.29, 1.82) is 0 Å². The average molecular weight is 259 g/mol. The summed E-state index contributed by atoms with van der Waals surface area (Å²) in [6.45, 7) is 1.81. The lowest BCUT2D eigenvalue weighted by atomic mass is 10.1. The van der Waals surface area contributed by atoms with Crippen molar-refractivity contribution < 1.29 is 13.9 Å². The summed E-state index contributed by atoms with van der Waals surface area (Å²) in [5, 5.41) is 2.64. The molecule has 0 fully saturated rings. The van der Waals surface area contributed by atoms with E-state index in [1.54, 1.807) is 37.4 Å². The number of carbonyl (C=O) groups is 1.